The van der Waals surface area contributed by atoms with Gasteiger partial charge >= 0.3 is 6.09 Å². The van der Waals surface area contributed by atoms with Crippen molar-refractivity contribution < 1.29 is 19.4 Å². The van der Waals surface area contributed by atoms with Crippen LogP contribution in [-0.2, 0) is 0 Å². The summed E-state index contributed by atoms with van der Waals surface area (Å²) < 4.78 is 13.4. The van der Waals surface area contributed by atoms with E-state index in [1.807, 2.05) is 0 Å². The van der Waals surface area contributed by atoms with Crippen molar-refractivity contribution in [3.05, 3.63) is 0 Å². The van der Waals surface area contributed by atoms with Crippen LogP contribution in [0.1, 0.15) is 25.7 Å². The van der Waals surface area contributed by atoms with Crippen molar-refractivity contribution in [1.82, 2.24) is 5.32 Å². The lowest BCUT2D eigenvalue weighted by Crippen LogP contribution is -2.44. The lowest BCUT2D eigenvalue weighted by atomic mass is 9.78. The zero-order chi connectivity index (χ0) is 9.90. The minimum absolute atomic E-state index is 0.0792. The van der Waals surface area contributed by atoms with Crippen molar-refractivity contribution in [1.29, 1.82) is 0 Å². The molecule has 13 heavy (non-hydrogen) atoms. The first-order valence-electron chi connectivity index (χ1n) is 4.35. The lowest BCUT2D eigenvalue weighted by Gasteiger charge is -2.36. The van der Waals surface area contributed by atoms with Crippen LogP contribution in [0.4, 0.5) is 9.18 Å². The van der Waals surface area contributed by atoms with Gasteiger partial charge in [-0.05, 0) is 19.3 Å². The van der Waals surface area contributed by atoms with E-state index in [-0.39, 0.29) is 13.0 Å². The van der Waals surface area contributed by atoms with Gasteiger partial charge in [-0.15, -0.1) is 0 Å². The number of rotatable bonds is 4. The van der Waals surface area contributed by atoms with E-state index in [9.17, 15) is 9.18 Å². The predicted octanol–water partition coefficient (Wildman–Crippen LogP) is 0.897. The van der Waals surface area contributed by atoms with Gasteiger partial charge in [0.25, 0.3) is 0 Å². The topological polar surface area (TPSA) is 69.6 Å². The third-order valence-electron chi connectivity index (χ3n) is 2.41. The third-order valence-corrected chi connectivity index (χ3v) is 2.41. The van der Waals surface area contributed by atoms with Crippen LogP contribution in [0.25, 0.3) is 0 Å². The molecule has 0 aromatic carbocycles. The van der Waals surface area contributed by atoms with Gasteiger partial charge in [0.1, 0.15) is 5.67 Å². The highest BCUT2D eigenvalue weighted by Crippen LogP contribution is 2.39. The number of alkyl halides is 1. The van der Waals surface area contributed by atoms with Crippen LogP contribution in [0.5, 0.6) is 0 Å². The molecule has 0 spiro atoms. The Morgan fingerprint density at radius 3 is 2.54 bits per heavy atom. The molecule has 3 N–H and O–H groups in total. The largest absolute Gasteiger partial charge is 0.465 e. The monoisotopic (exact) mass is 191 g/mol. The number of amides is 1. The summed E-state index contributed by atoms with van der Waals surface area (Å²) in [5, 5.41) is 19.2. The first kappa shape index (κ1) is 10.2. The van der Waals surface area contributed by atoms with Crippen LogP contribution in [0.15, 0.2) is 0 Å². The first-order valence-corrected chi connectivity index (χ1v) is 4.35. The highest BCUT2D eigenvalue weighted by Gasteiger charge is 2.39. The Bertz CT molecular complexity index is 194. The molecule has 1 fully saturated rings. The second-order valence-electron chi connectivity index (χ2n) is 3.54. The van der Waals surface area contributed by atoms with E-state index in [0.29, 0.717) is 12.8 Å². The normalized spacial score (nSPS) is 21.7. The summed E-state index contributed by atoms with van der Waals surface area (Å²) in [6.45, 7) is -0.349. The smallest absolute Gasteiger partial charge is 0.404 e. The first-order chi connectivity index (χ1) is 6.06. The molecule has 4 nitrogen and oxygen atoms in total. The van der Waals surface area contributed by atoms with Gasteiger partial charge in [-0.2, -0.15) is 0 Å². The molecule has 1 saturated carbocycles. The maximum atomic E-state index is 13.4. The van der Waals surface area contributed by atoms with Gasteiger partial charge in [0.2, 0.25) is 0 Å². The number of nitrogens with one attached hydrogen (secondary N) is 1. The molecule has 0 heterocycles. The van der Waals surface area contributed by atoms with Gasteiger partial charge in [0.05, 0.1) is 12.6 Å². The van der Waals surface area contributed by atoms with Crippen molar-refractivity contribution in [3.8, 4) is 0 Å². The number of carboxylic acid groups (broad SMARTS) is 1. The number of aliphatic hydroxyl groups is 1. The SMILES string of the molecule is O=C(O)NC(CO)CC1(F)CCC1. The van der Waals surface area contributed by atoms with Crippen molar-refractivity contribution >= 4 is 6.09 Å². The zero-order valence-electron chi connectivity index (χ0n) is 7.29. The fraction of sp³-hybridized carbons (Fsp3) is 0.875. The van der Waals surface area contributed by atoms with E-state index in [4.69, 9.17) is 10.2 Å². The van der Waals surface area contributed by atoms with Crippen molar-refractivity contribution in [2.45, 2.75) is 37.4 Å². The molecule has 0 radical (unpaired) electrons. The second kappa shape index (κ2) is 3.91. The molecule has 1 amide bonds. The Labute approximate surface area is 75.8 Å². The van der Waals surface area contributed by atoms with Crippen LogP contribution in [-0.4, -0.2) is 34.6 Å². The number of aliphatic hydroxyl groups excluding tert-OH is 1. The highest BCUT2D eigenvalue weighted by atomic mass is 19.1. The highest BCUT2D eigenvalue weighted by molar-refractivity contribution is 5.64. The molecule has 5 heteroatoms. The van der Waals surface area contributed by atoms with Crippen LogP contribution in [0.3, 0.4) is 0 Å². The summed E-state index contributed by atoms with van der Waals surface area (Å²) in [6, 6.07) is -0.678. The average molecular weight is 191 g/mol. The summed E-state index contributed by atoms with van der Waals surface area (Å²) in [7, 11) is 0. The van der Waals surface area contributed by atoms with E-state index >= 15 is 0 Å². The Morgan fingerprint density at radius 1 is 1.62 bits per heavy atom. The average Bonchev–Trinajstić information content (AvgIpc) is 1.99. The summed E-state index contributed by atoms with van der Waals surface area (Å²) in [6.07, 6.45) is 0.662. The Hall–Kier alpha value is -0.840. The van der Waals surface area contributed by atoms with Crippen molar-refractivity contribution in [3.63, 3.8) is 0 Å². The van der Waals surface area contributed by atoms with Gasteiger partial charge in [-0.3, -0.25) is 0 Å². The fourth-order valence-electron chi connectivity index (χ4n) is 1.54. The van der Waals surface area contributed by atoms with E-state index in [1.54, 1.807) is 0 Å². The maximum absolute atomic E-state index is 13.4. The van der Waals surface area contributed by atoms with E-state index in [2.05, 4.69) is 5.32 Å². The van der Waals surface area contributed by atoms with Gasteiger partial charge in [-0.25, -0.2) is 9.18 Å². The molecular weight excluding hydrogens is 177 g/mol. The minimum atomic E-state index is -1.25. The molecule has 1 unspecified atom stereocenters. The maximum Gasteiger partial charge on any atom is 0.404 e. The standard InChI is InChI=1S/C8H14FNO3/c9-8(2-1-3-8)4-6(5-11)10-7(12)13/h6,10-11H,1-5H2,(H,12,13). The quantitative estimate of drug-likeness (QED) is 0.618. The van der Waals surface area contributed by atoms with Crippen LogP contribution in [0.2, 0.25) is 0 Å². The Morgan fingerprint density at radius 2 is 2.23 bits per heavy atom. The molecule has 76 valence electrons. The Kier molecular flexibility index (Phi) is 3.08. The summed E-state index contributed by atoms with van der Waals surface area (Å²) in [5.41, 5.74) is -1.25. The molecular formula is C8H14FNO3. The molecule has 0 aromatic rings. The van der Waals surface area contributed by atoms with Crippen LogP contribution < -0.4 is 5.32 Å². The van der Waals surface area contributed by atoms with Gasteiger partial charge in [0, 0.05) is 6.42 Å². The summed E-state index contributed by atoms with van der Waals surface area (Å²) >= 11 is 0. The van der Waals surface area contributed by atoms with E-state index < -0.39 is 17.8 Å². The predicted molar refractivity (Wildman–Crippen MR) is 44.3 cm³/mol. The van der Waals surface area contributed by atoms with Crippen molar-refractivity contribution in [2.75, 3.05) is 6.61 Å². The molecule has 0 saturated heterocycles. The van der Waals surface area contributed by atoms with Crippen molar-refractivity contribution in [2.24, 2.45) is 0 Å². The molecule has 1 aliphatic rings. The molecule has 1 rings (SSSR count). The zero-order valence-corrected chi connectivity index (χ0v) is 7.29. The fourth-order valence-corrected chi connectivity index (χ4v) is 1.54. The summed E-state index contributed by atoms with van der Waals surface area (Å²) in [4.78, 5) is 10.2. The second-order valence-corrected chi connectivity index (χ2v) is 3.54. The summed E-state index contributed by atoms with van der Waals surface area (Å²) in [5.74, 6) is 0. The molecule has 0 aliphatic heterocycles. The lowest BCUT2D eigenvalue weighted by molar-refractivity contribution is 0.0339. The number of hydrogen-bond acceptors (Lipinski definition) is 2. The van der Waals surface area contributed by atoms with Crippen LogP contribution >= 0.6 is 0 Å². The van der Waals surface area contributed by atoms with Gasteiger partial charge < -0.3 is 15.5 Å². The molecule has 1 aliphatic carbocycles. The van der Waals surface area contributed by atoms with Gasteiger partial charge in [0.15, 0.2) is 0 Å². The molecule has 0 aromatic heterocycles. The number of carbonyl (C=O) groups is 1. The number of halogens is 1. The third kappa shape index (κ3) is 2.84. The molecule has 1 atom stereocenters. The Balaban J connectivity index is 2.34. The molecule has 0 bridgehead atoms. The van der Waals surface area contributed by atoms with Crippen LogP contribution in [0, 0.1) is 0 Å². The van der Waals surface area contributed by atoms with E-state index in [0.717, 1.165) is 6.42 Å². The minimum Gasteiger partial charge on any atom is -0.465 e. The number of hydrogen-bond donors (Lipinski definition) is 3. The van der Waals surface area contributed by atoms with Gasteiger partial charge in [-0.1, -0.05) is 0 Å². The van der Waals surface area contributed by atoms with E-state index in [1.165, 1.54) is 0 Å².